The number of benzene rings is 1. The predicted octanol–water partition coefficient (Wildman–Crippen LogP) is 2.45. The highest BCUT2D eigenvalue weighted by atomic mass is 16.3. The van der Waals surface area contributed by atoms with E-state index in [9.17, 15) is 9.90 Å². The molecule has 134 valence electrons. The Kier molecular flexibility index (Phi) is 7.06. The topological polar surface area (TPSA) is 64.6 Å². The van der Waals surface area contributed by atoms with E-state index in [0.717, 1.165) is 36.7 Å². The molecule has 1 saturated heterocycles. The molecule has 5 heteroatoms. The van der Waals surface area contributed by atoms with Crippen molar-refractivity contribution < 1.29 is 9.90 Å². The predicted molar refractivity (Wildman–Crippen MR) is 97.0 cm³/mol. The van der Waals surface area contributed by atoms with Crippen molar-refractivity contribution in [3.8, 4) is 0 Å². The van der Waals surface area contributed by atoms with Gasteiger partial charge in [-0.1, -0.05) is 36.8 Å². The average molecular weight is 333 g/mol. The molecule has 5 nitrogen and oxygen atoms in total. The van der Waals surface area contributed by atoms with Crippen LogP contribution in [-0.2, 0) is 0 Å². The summed E-state index contributed by atoms with van der Waals surface area (Å²) in [5, 5.41) is 15.8. The molecule has 1 heterocycles. The van der Waals surface area contributed by atoms with Gasteiger partial charge in [-0.05, 0) is 44.7 Å². The summed E-state index contributed by atoms with van der Waals surface area (Å²) in [6.45, 7) is 9.62. The Hall–Kier alpha value is -1.59. The number of nitrogens with one attached hydrogen (secondary N) is 2. The standard InChI is InChI=1S/C19H31N3O2/c1-14-6-8-17(9-7-14)18(23)11-20-19(24)21-16(3)13-22-10-4-5-15(2)12-22/h6-9,15-16,18,23H,4-5,10-13H2,1-3H3,(H2,20,21,24). The lowest BCUT2D eigenvalue weighted by Crippen LogP contribution is -2.48. The first-order valence-electron chi connectivity index (χ1n) is 8.95. The normalized spacial score (nSPS) is 21.1. The van der Waals surface area contributed by atoms with Crippen molar-refractivity contribution in [3.63, 3.8) is 0 Å². The molecule has 0 saturated carbocycles. The fourth-order valence-electron chi connectivity index (χ4n) is 3.26. The van der Waals surface area contributed by atoms with Gasteiger partial charge in [-0.15, -0.1) is 0 Å². The van der Waals surface area contributed by atoms with E-state index in [0.29, 0.717) is 0 Å². The van der Waals surface area contributed by atoms with E-state index in [1.165, 1.54) is 12.8 Å². The first kappa shape index (κ1) is 18.7. The summed E-state index contributed by atoms with van der Waals surface area (Å²) in [6, 6.07) is 7.56. The first-order valence-corrected chi connectivity index (χ1v) is 8.95. The van der Waals surface area contributed by atoms with Crippen LogP contribution in [0, 0.1) is 12.8 Å². The van der Waals surface area contributed by atoms with Gasteiger partial charge in [0.05, 0.1) is 6.10 Å². The minimum Gasteiger partial charge on any atom is -0.387 e. The van der Waals surface area contributed by atoms with Crippen LogP contribution in [0.2, 0.25) is 0 Å². The summed E-state index contributed by atoms with van der Waals surface area (Å²) in [5.74, 6) is 0.740. The van der Waals surface area contributed by atoms with Crippen LogP contribution in [0.4, 0.5) is 4.79 Å². The summed E-state index contributed by atoms with van der Waals surface area (Å²) in [7, 11) is 0. The van der Waals surface area contributed by atoms with Crippen molar-refractivity contribution in [2.24, 2.45) is 5.92 Å². The van der Waals surface area contributed by atoms with Crippen molar-refractivity contribution in [1.82, 2.24) is 15.5 Å². The van der Waals surface area contributed by atoms with Crippen LogP contribution in [0.3, 0.4) is 0 Å². The number of nitrogens with zero attached hydrogens (tertiary/aromatic N) is 1. The zero-order chi connectivity index (χ0) is 17.5. The molecule has 0 radical (unpaired) electrons. The number of hydrogen-bond donors (Lipinski definition) is 3. The van der Waals surface area contributed by atoms with E-state index in [4.69, 9.17) is 0 Å². The summed E-state index contributed by atoms with van der Waals surface area (Å²) in [4.78, 5) is 14.4. The monoisotopic (exact) mass is 333 g/mol. The number of aryl methyl sites for hydroxylation is 1. The molecule has 3 atom stereocenters. The van der Waals surface area contributed by atoms with E-state index >= 15 is 0 Å². The summed E-state index contributed by atoms with van der Waals surface area (Å²) < 4.78 is 0. The number of aliphatic hydroxyl groups excluding tert-OH is 1. The Bertz CT molecular complexity index is 518. The SMILES string of the molecule is Cc1ccc(C(O)CNC(=O)NC(C)CN2CCCC(C)C2)cc1. The lowest BCUT2D eigenvalue weighted by Gasteiger charge is -2.32. The molecular weight excluding hydrogens is 302 g/mol. The zero-order valence-electron chi connectivity index (χ0n) is 15.1. The third kappa shape index (κ3) is 6.13. The molecule has 2 rings (SSSR count). The smallest absolute Gasteiger partial charge is 0.315 e. The molecule has 0 aromatic heterocycles. The summed E-state index contributed by atoms with van der Waals surface area (Å²) >= 11 is 0. The molecule has 1 aliphatic heterocycles. The molecule has 2 amide bonds. The second-order valence-electron chi connectivity index (χ2n) is 7.19. The van der Waals surface area contributed by atoms with Crippen LogP contribution < -0.4 is 10.6 Å². The minimum atomic E-state index is -0.686. The van der Waals surface area contributed by atoms with Crippen LogP contribution in [0.5, 0.6) is 0 Å². The number of aliphatic hydroxyl groups is 1. The highest BCUT2D eigenvalue weighted by Gasteiger charge is 2.19. The fourth-order valence-corrected chi connectivity index (χ4v) is 3.26. The third-order valence-corrected chi connectivity index (χ3v) is 4.57. The molecular formula is C19H31N3O2. The number of rotatable bonds is 6. The molecule has 0 spiro atoms. The quantitative estimate of drug-likeness (QED) is 0.749. The Morgan fingerprint density at radius 2 is 2.08 bits per heavy atom. The number of carbonyl (C=O) groups excluding carboxylic acids is 1. The largest absolute Gasteiger partial charge is 0.387 e. The molecule has 1 aromatic rings. The van der Waals surface area contributed by atoms with Crippen molar-refractivity contribution in [1.29, 1.82) is 0 Å². The van der Waals surface area contributed by atoms with Crippen LogP contribution in [0.25, 0.3) is 0 Å². The molecule has 0 bridgehead atoms. The van der Waals surface area contributed by atoms with E-state index < -0.39 is 6.10 Å². The van der Waals surface area contributed by atoms with E-state index in [2.05, 4.69) is 22.5 Å². The molecule has 1 aliphatic rings. The molecule has 1 fully saturated rings. The maximum Gasteiger partial charge on any atom is 0.315 e. The van der Waals surface area contributed by atoms with E-state index in [1.54, 1.807) is 0 Å². The van der Waals surface area contributed by atoms with Gasteiger partial charge in [0, 0.05) is 25.7 Å². The van der Waals surface area contributed by atoms with E-state index in [-0.39, 0.29) is 18.6 Å². The van der Waals surface area contributed by atoms with Gasteiger partial charge in [0.25, 0.3) is 0 Å². The van der Waals surface area contributed by atoms with Crippen molar-refractivity contribution >= 4 is 6.03 Å². The average Bonchev–Trinajstić information content (AvgIpc) is 2.53. The number of likely N-dealkylation sites (tertiary alicyclic amines) is 1. The molecule has 1 aromatic carbocycles. The van der Waals surface area contributed by atoms with E-state index in [1.807, 2.05) is 38.1 Å². The van der Waals surface area contributed by atoms with Crippen LogP contribution in [-0.4, -0.2) is 48.3 Å². The van der Waals surface area contributed by atoms with Gasteiger partial charge in [-0.25, -0.2) is 4.79 Å². The van der Waals surface area contributed by atoms with Gasteiger partial charge < -0.3 is 20.6 Å². The number of urea groups is 1. The molecule has 24 heavy (non-hydrogen) atoms. The van der Waals surface area contributed by atoms with Gasteiger partial charge >= 0.3 is 6.03 Å². The van der Waals surface area contributed by atoms with Crippen molar-refractivity contribution in [3.05, 3.63) is 35.4 Å². The fraction of sp³-hybridized carbons (Fsp3) is 0.632. The number of piperidine rings is 1. The Balaban J connectivity index is 1.69. The minimum absolute atomic E-state index is 0.0896. The molecule has 3 unspecified atom stereocenters. The van der Waals surface area contributed by atoms with Crippen molar-refractivity contribution in [2.75, 3.05) is 26.2 Å². The lowest BCUT2D eigenvalue weighted by atomic mass is 10.00. The third-order valence-electron chi connectivity index (χ3n) is 4.57. The second kappa shape index (κ2) is 9.04. The van der Waals surface area contributed by atoms with Crippen molar-refractivity contribution in [2.45, 2.75) is 45.8 Å². The second-order valence-corrected chi connectivity index (χ2v) is 7.19. The maximum atomic E-state index is 12.0. The van der Waals surface area contributed by atoms with Gasteiger partial charge in [0.1, 0.15) is 0 Å². The number of amides is 2. The highest BCUT2D eigenvalue weighted by Crippen LogP contribution is 2.15. The molecule has 0 aliphatic carbocycles. The van der Waals surface area contributed by atoms with Gasteiger partial charge in [-0.3, -0.25) is 0 Å². The van der Waals surface area contributed by atoms with Gasteiger partial charge in [-0.2, -0.15) is 0 Å². The Morgan fingerprint density at radius 1 is 1.38 bits per heavy atom. The number of carbonyl (C=O) groups is 1. The van der Waals surface area contributed by atoms with Crippen LogP contribution in [0.15, 0.2) is 24.3 Å². The Labute approximate surface area is 145 Å². The zero-order valence-corrected chi connectivity index (χ0v) is 15.1. The molecule has 3 N–H and O–H groups in total. The lowest BCUT2D eigenvalue weighted by molar-refractivity contribution is 0.163. The summed E-state index contributed by atoms with van der Waals surface area (Å²) in [6.07, 6.45) is 1.85. The Morgan fingerprint density at radius 3 is 2.75 bits per heavy atom. The number of hydrogen-bond acceptors (Lipinski definition) is 3. The van der Waals surface area contributed by atoms with Crippen LogP contribution >= 0.6 is 0 Å². The van der Waals surface area contributed by atoms with Gasteiger partial charge in [0.2, 0.25) is 0 Å². The van der Waals surface area contributed by atoms with Crippen LogP contribution in [0.1, 0.15) is 43.9 Å². The highest BCUT2D eigenvalue weighted by molar-refractivity contribution is 5.74. The first-order chi connectivity index (χ1) is 11.4. The summed E-state index contributed by atoms with van der Waals surface area (Å²) in [5.41, 5.74) is 1.97. The van der Waals surface area contributed by atoms with Gasteiger partial charge in [0.15, 0.2) is 0 Å². The maximum absolute atomic E-state index is 12.0.